The van der Waals surface area contributed by atoms with E-state index in [-0.39, 0.29) is 15.5 Å². The van der Waals surface area contributed by atoms with Crippen molar-refractivity contribution < 1.29 is 17.9 Å². The van der Waals surface area contributed by atoms with Crippen molar-refractivity contribution in [2.45, 2.75) is 30.4 Å². The molecule has 0 unspecified atom stereocenters. The fourth-order valence-corrected chi connectivity index (χ4v) is 5.50. The highest BCUT2D eigenvalue weighted by Gasteiger charge is 2.22. The van der Waals surface area contributed by atoms with Crippen LogP contribution in [0.2, 0.25) is 0 Å². The van der Waals surface area contributed by atoms with Crippen LogP contribution in [0.1, 0.15) is 36.7 Å². The van der Waals surface area contributed by atoms with Crippen LogP contribution in [0.5, 0.6) is 5.75 Å². The third-order valence-corrected chi connectivity index (χ3v) is 8.10. The molecule has 8 heteroatoms. The number of nitrogens with zero attached hydrogens (tertiary/aromatic N) is 1. The number of rotatable bonds is 8. The van der Waals surface area contributed by atoms with Gasteiger partial charge in [0, 0.05) is 12.6 Å². The molecule has 32 heavy (non-hydrogen) atoms. The Bertz CT molecular complexity index is 1150. The normalized spacial score (nSPS) is 11.8. The van der Waals surface area contributed by atoms with Crippen molar-refractivity contribution >= 4 is 33.0 Å². The Hall–Kier alpha value is -2.84. The average molecular weight is 473 g/mol. The summed E-state index contributed by atoms with van der Waals surface area (Å²) in [5.41, 5.74) is 2.01. The molecule has 0 aliphatic carbocycles. The molecular weight excluding hydrogens is 444 g/mol. The van der Waals surface area contributed by atoms with E-state index in [0.717, 1.165) is 11.3 Å². The van der Waals surface area contributed by atoms with E-state index >= 15 is 0 Å². The molecule has 0 spiro atoms. The Morgan fingerprint density at radius 1 is 1.03 bits per heavy atom. The van der Waals surface area contributed by atoms with Crippen LogP contribution in [0.15, 0.2) is 70.3 Å². The minimum Gasteiger partial charge on any atom is -0.491 e. The molecule has 6 nitrogen and oxygen atoms in total. The van der Waals surface area contributed by atoms with Gasteiger partial charge < -0.3 is 10.1 Å². The first-order chi connectivity index (χ1) is 15.1. The first kappa shape index (κ1) is 23.8. The Kier molecular flexibility index (Phi) is 7.26. The summed E-state index contributed by atoms with van der Waals surface area (Å²) in [5, 5.41) is 4.56. The molecule has 0 atom stereocenters. The lowest BCUT2D eigenvalue weighted by atomic mass is 9.86. The average Bonchev–Trinajstić information content (AvgIpc) is 3.32. The number of benzene rings is 2. The van der Waals surface area contributed by atoms with Crippen LogP contribution in [-0.2, 0) is 15.4 Å². The van der Waals surface area contributed by atoms with Gasteiger partial charge in [-0.3, -0.25) is 9.10 Å². The van der Waals surface area contributed by atoms with Crippen LogP contribution >= 0.6 is 11.3 Å². The number of carbonyl (C=O) groups excluding carboxylic acids is 1. The maximum atomic E-state index is 12.6. The van der Waals surface area contributed by atoms with Gasteiger partial charge in [-0.2, -0.15) is 0 Å². The number of amides is 1. The van der Waals surface area contributed by atoms with Crippen LogP contribution < -0.4 is 14.4 Å². The van der Waals surface area contributed by atoms with Crippen molar-refractivity contribution in [1.29, 1.82) is 0 Å². The van der Waals surface area contributed by atoms with Gasteiger partial charge in [0.2, 0.25) is 0 Å². The third-order valence-electron chi connectivity index (χ3n) is 4.94. The van der Waals surface area contributed by atoms with Gasteiger partial charge in [-0.05, 0) is 52.8 Å². The molecule has 1 aromatic heterocycles. The molecule has 0 saturated carbocycles. The molecule has 3 rings (SSSR count). The number of ether oxygens (including phenoxy) is 1. The van der Waals surface area contributed by atoms with Crippen molar-refractivity contribution in [3.63, 3.8) is 0 Å². The van der Waals surface area contributed by atoms with Gasteiger partial charge in [-0.1, -0.05) is 45.0 Å². The van der Waals surface area contributed by atoms with E-state index in [9.17, 15) is 13.2 Å². The zero-order valence-electron chi connectivity index (χ0n) is 18.7. The van der Waals surface area contributed by atoms with Crippen LogP contribution in [0, 0.1) is 0 Å². The number of thiophene rings is 1. The summed E-state index contributed by atoms with van der Waals surface area (Å²) in [7, 11) is -2.11. The van der Waals surface area contributed by atoms with E-state index in [1.165, 1.54) is 22.7 Å². The second kappa shape index (κ2) is 9.75. The van der Waals surface area contributed by atoms with Crippen LogP contribution in [0.4, 0.5) is 5.69 Å². The molecule has 3 aromatic rings. The first-order valence-electron chi connectivity index (χ1n) is 10.2. The zero-order chi connectivity index (χ0) is 23.4. The van der Waals surface area contributed by atoms with Gasteiger partial charge in [-0.25, -0.2) is 8.42 Å². The molecular formula is C24H28N2O4S2. The monoisotopic (exact) mass is 472 g/mol. The van der Waals surface area contributed by atoms with Crippen LogP contribution in [-0.4, -0.2) is 34.5 Å². The van der Waals surface area contributed by atoms with Gasteiger partial charge in [0.05, 0.1) is 12.2 Å². The maximum Gasteiger partial charge on any atom is 0.273 e. The highest BCUT2D eigenvalue weighted by atomic mass is 32.2. The van der Waals surface area contributed by atoms with Gasteiger partial charge in [0.15, 0.2) is 0 Å². The lowest BCUT2D eigenvalue weighted by Crippen LogP contribution is -2.29. The largest absolute Gasteiger partial charge is 0.491 e. The number of anilines is 1. The second-order valence-electron chi connectivity index (χ2n) is 8.30. The van der Waals surface area contributed by atoms with Gasteiger partial charge in [0.1, 0.15) is 16.6 Å². The lowest BCUT2D eigenvalue weighted by molar-refractivity contribution is 0.0947. The van der Waals surface area contributed by atoms with Crippen molar-refractivity contribution in [3.8, 4) is 5.75 Å². The maximum absolute atomic E-state index is 12.6. The van der Waals surface area contributed by atoms with E-state index in [1.54, 1.807) is 41.8 Å². The number of para-hydroxylation sites is 1. The fraction of sp³-hybridized carbons (Fsp3) is 0.292. The zero-order valence-corrected chi connectivity index (χ0v) is 20.3. The summed E-state index contributed by atoms with van der Waals surface area (Å²) in [5.74, 6) is 0.571. The van der Waals surface area contributed by atoms with Crippen molar-refractivity contribution in [3.05, 3.63) is 77.2 Å². The summed E-state index contributed by atoms with van der Waals surface area (Å²) in [6.45, 7) is 7.08. The van der Waals surface area contributed by atoms with Gasteiger partial charge in [-0.15, -0.1) is 11.3 Å². The molecule has 0 aliphatic rings. The smallest absolute Gasteiger partial charge is 0.273 e. The number of nitrogens with one attached hydrogen (secondary N) is 1. The number of hydrogen-bond donors (Lipinski definition) is 1. The Labute approximate surface area is 193 Å². The molecule has 1 heterocycles. The summed E-state index contributed by atoms with van der Waals surface area (Å²) < 4.78 is 32.6. The van der Waals surface area contributed by atoms with Crippen LogP contribution in [0.25, 0.3) is 0 Å². The molecule has 1 N–H and O–H groups in total. The highest BCUT2D eigenvalue weighted by Crippen LogP contribution is 2.30. The highest BCUT2D eigenvalue weighted by molar-refractivity contribution is 7.94. The van der Waals surface area contributed by atoms with E-state index < -0.39 is 10.0 Å². The minimum absolute atomic E-state index is 0.0360. The molecule has 170 valence electrons. The fourth-order valence-electron chi connectivity index (χ4n) is 3.15. The quantitative estimate of drug-likeness (QED) is 0.483. The van der Waals surface area contributed by atoms with E-state index in [2.05, 4.69) is 26.1 Å². The molecule has 2 aromatic carbocycles. The number of carbonyl (C=O) groups is 1. The van der Waals surface area contributed by atoms with Crippen molar-refractivity contribution in [2.75, 3.05) is 24.5 Å². The Morgan fingerprint density at radius 3 is 2.34 bits per heavy atom. The second-order valence-corrected chi connectivity index (χ2v) is 11.4. The van der Waals surface area contributed by atoms with Gasteiger partial charge >= 0.3 is 0 Å². The first-order valence-corrected chi connectivity index (χ1v) is 12.6. The SMILES string of the molecule is CN(c1ccc(C(=O)NCCOc2ccccc2C(C)(C)C)cc1)S(=O)(=O)c1cccs1. The van der Waals surface area contributed by atoms with Crippen LogP contribution in [0.3, 0.4) is 0 Å². The summed E-state index contributed by atoms with van der Waals surface area (Å²) >= 11 is 1.17. The molecule has 1 amide bonds. The molecule has 0 bridgehead atoms. The standard InChI is InChI=1S/C24H28N2O4S2/c1-24(2,3)20-8-5-6-9-21(20)30-16-15-25-23(27)18-11-13-19(14-12-18)26(4)32(28,29)22-10-7-17-31-22/h5-14,17H,15-16H2,1-4H3,(H,25,27). The molecule has 0 aliphatic heterocycles. The predicted molar refractivity (Wildman–Crippen MR) is 129 cm³/mol. The molecule has 0 saturated heterocycles. The third kappa shape index (κ3) is 5.49. The van der Waals surface area contributed by atoms with Crippen molar-refractivity contribution in [2.24, 2.45) is 0 Å². The summed E-state index contributed by atoms with van der Waals surface area (Å²) in [6.07, 6.45) is 0. The summed E-state index contributed by atoms with van der Waals surface area (Å²) in [4.78, 5) is 12.5. The minimum atomic E-state index is -3.61. The Balaban J connectivity index is 1.56. The number of sulfonamides is 1. The Morgan fingerprint density at radius 2 is 1.72 bits per heavy atom. The van der Waals surface area contributed by atoms with E-state index in [0.29, 0.717) is 24.4 Å². The van der Waals surface area contributed by atoms with Gasteiger partial charge in [0.25, 0.3) is 15.9 Å². The topological polar surface area (TPSA) is 75.7 Å². The lowest BCUT2D eigenvalue weighted by Gasteiger charge is -2.22. The summed E-state index contributed by atoms with van der Waals surface area (Å²) in [6, 6.07) is 17.6. The number of hydrogen-bond acceptors (Lipinski definition) is 5. The van der Waals surface area contributed by atoms with E-state index in [1.807, 2.05) is 24.3 Å². The van der Waals surface area contributed by atoms with E-state index in [4.69, 9.17) is 4.74 Å². The van der Waals surface area contributed by atoms with Crippen molar-refractivity contribution in [1.82, 2.24) is 5.32 Å². The molecule has 0 radical (unpaired) electrons. The predicted octanol–water partition coefficient (Wildman–Crippen LogP) is 4.68. The molecule has 0 fully saturated rings.